The molecule has 2 aromatic carbocycles. The second-order valence-electron chi connectivity index (χ2n) is 14.8. The minimum Gasteiger partial charge on any atom is -0.539 e. The standard InChI is InChI=1S/C37H49N3O9Si/c1-9-10-11-38-12-13-40-30(41)18-25(35(40)42)39-33-23-17-27-26(47-20-48-27)16-22(23)31(32-24(33)19-46-36(32)43)21-14-28(44-5)34(29(15-21)45-6)49-50(7,8)37(2,3)4/h14-18,24,31-33,38-39H,9-13,19-20H2,1-8H3/t24-,31+,32-,33+/m0/s1. The second kappa shape index (κ2) is 13.8. The number of nitrogens with zero attached hydrogens (tertiary/aromatic N) is 1. The summed E-state index contributed by atoms with van der Waals surface area (Å²) in [4.78, 5) is 41.5. The minimum absolute atomic E-state index is 0.0659. The molecule has 1 aliphatic carbocycles. The molecule has 2 amide bonds. The van der Waals surface area contributed by atoms with Crippen LogP contribution in [0.3, 0.4) is 0 Å². The van der Waals surface area contributed by atoms with E-state index >= 15 is 0 Å². The van der Waals surface area contributed by atoms with Crippen LogP contribution in [-0.4, -0.2) is 78.3 Å². The Morgan fingerprint density at radius 1 is 0.940 bits per heavy atom. The van der Waals surface area contributed by atoms with E-state index in [2.05, 4.69) is 51.4 Å². The third-order valence-electron chi connectivity index (χ3n) is 10.7. The molecule has 0 unspecified atom stereocenters. The van der Waals surface area contributed by atoms with Gasteiger partial charge in [-0.1, -0.05) is 34.1 Å². The monoisotopic (exact) mass is 707 g/mol. The number of benzene rings is 2. The van der Waals surface area contributed by atoms with E-state index in [1.54, 1.807) is 14.2 Å². The van der Waals surface area contributed by atoms with Crippen molar-refractivity contribution in [3.63, 3.8) is 0 Å². The molecule has 2 aromatic rings. The molecular formula is C37H49N3O9Si. The van der Waals surface area contributed by atoms with Crippen molar-refractivity contribution in [2.24, 2.45) is 11.8 Å². The maximum atomic E-state index is 13.7. The molecule has 3 aliphatic heterocycles. The van der Waals surface area contributed by atoms with E-state index in [1.165, 1.54) is 11.0 Å². The fraction of sp³-hybridized carbons (Fsp3) is 0.541. The van der Waals surface area contributed by atoms with Crippen LogP contribution in [0, 0.1) is 11.8 Å². The predicted molar refractivity (Wildman–Crippen MR) is 188 cm³/mol. The molecule has 3 heterocycles. The Labute approximate surface area is 294 Å². The highest BCUT2D eigenvalue weighted by molar-refractivity contribution is 6.74. The van der Waals surface area contributed by atoms with Crippen molar-refractivity contribution in [1.29, 1.82) is 0 Å². The van der Waals surface area contributed by atoms with Gasteiger partial charge in [-0.2, -0.15) is 0 Å². The van der Waals surface area contributed by atoms with Gasteiger partial charge < -0.3 is 38.7 Å². The fourth-order valence-corrected chi connectivity index (χ4v) is 7.96. The summed E-state index contributed by atoms with van der Waals surface area (Å²) in [5.74, 6) is 0.0323. The lowest BCUT2D eigenvalue weighted by molar-refractivity contribution is -0.141. The number of esters is 1. The second-order valence-corrected chi connectivity index (χ2v) is 19.6. The van der Waals surface area contributed by atoms with Crippen LogP contribution in [0.2, 0.25) is 18.1 Å². The summed E-state index contributed by atoms with van der Waals surface area (Å²) < 4.78 is 35.9. The Morgan fingerprint density at radius 2 is 1.60 bits per heavy atom. The number of unbranched alkanes of at least 4 members (excludes halogenated alkanes) is 1. The van der Waals surface area contributed by atoms with E-state index in [-0.39, 0.29) is 48.5 Å². The predicted octanol–water partition coefficient (Wildman–Crippen LogP) is 5.02. The number of hydrogen-bond acceptors (Lipinski definition) is 11. The largest absolute Gasteiger partial charge is 0.539 e. The number of ether oxygens (including phenoxy) is 5. The molecule has 13 heteroatoms. The molecule has 12 nitrogen and oxygen atoms in total. The van der Waals surface area contributed by atoms with Crippen LogP contribution in [0.4, 0.5) is 0 Å². The van der Waals surface area contributed by atoms with Crippen molar-refractivity contribution in [3.8, 4) is 28.7 Å². The molecule has 0 aromatic heterocycles. The number of hydrogen-bond donors (Lipinski definition) is 2. The van der Waals surface area contributed by atoms with Gasteiger partial charge in [0.1, 0.15) is 5.70 Å². The third kappa shape index (κ3) is 6.41. The highest BCUT2D eigenvalue weighted by Gasteiger charge is 2.53. The highest BCUT2D eigenvalue weighted by Crippen LogP contribution is 2.56. The van der Waals surface area contributed by atoms with Gasteiger partial charge in [-0.15, -0.1) is 0 Å². The van der Waals surface area contributed by atoms with Gasteiger partial charge in [-0.25, -0.2) is 0 Å². The van der Waals surface area contributed by atoms with Crippen LogP contribution in [0.1, 0.15) is 69.2 Å². The molecule has 0 spiro atoms. The summed E-state index contributed by atoms with van der Waals surface area (Å²) in [6, 6.07) is 7.09. The van der Waals surface area contributed by atoms with Crippen molar-refractivity contribution in [2.45, 2.75) is 70.6 Å². The maximum Gasteiger partial charge on any atom is 0.310 e. The summed E-state index contributed by atoms with van der Waals surface area (Å²) in [6.07, 6.45) is 3.42. The van der Waals surface area contributed by atoms with E-state index in [1.807, 2.05) is 24.3 Å². The van der Waals surface area contributed by atoms with Crippen molar-refractivity contribution in [1.82, 2.24) is 15.5 Å². The zero-order valence-electron chi connectivity index (χ0n) is 30.3. The van der Waals surface area contributed by atoms with Gasteiger partial charge >= 0.3 is 5.97 Å². The van der Waals surface area contributed by atoms with Gasteiger partial charge in [-0.05, 0) is 72.1 Å². The molecule has 50 heavy (non-hydrogen) atoms. The smallest absolute Gasteiger partial charge is 0.310 e. The van der Waals surface area contributed by atoms with Gasteiger partial charge in [0, 0.05) is 31.0 Å². The number of amides is 2. The quantitative estimate of drug-likeness (QED) is 0.126. The number of methoxy groups -OCH3 is 2. The summed E-state index contributed by atoms with van der Waals surface area (Å²) >= 11 is 0. The topological polar surface area (TPSA) is 134 Å². The number of cyclic esters (lactones) is 1. The van der Waals surface area contributed by atoms with Crippen molar-refractivity contribution in [2.75, 3.05) is 47.3 Å². The summed E-state index contributed by atoms with van der Waals surface area (Å²) in [5.41, 5.74) is 2.59. The first-order valence-electron chi connectivity index (χ1n) is 17.4. The molecule has 4 aliphatic rings. The zero-order valence-corrected chi connectivity index (χ0v) is 31.3. The van der Waals surface area contributed by atoms with E-state index in [0.29, 0.717) is 35.3 Å². The molecule has 4 atom stereocenters. The summed E-state index contributed by atoms with van der Waals surface area (Å²) in [6.45, 7) is 14.7. The van der Waals surface area contributed by atoms with Crippen LogP contribution in [0.15, 0.2) is 36.0 Å². The van der Waals surface area contributed by atoms with Gasteiger partial charge in [0.15, 0.2) is 28.7 Å². The number of fused-ring (bicyclic) bond motifs is 3. The van der Waals surface area contributed by atoms with Crippen LogP contribution in [0.25, 0.3) is 0 Å². The molecule has 6 rings (SSSR count). The third-order valence-corrected chi connectivity index (χ3v) is 15.1. The first-order chi connectivity index (χ1) is 23.8. The summed E-state index contributed by atoms with van der Waals surface area (Å²) in [7, 11) is 0.892. The molecule has 270 valence electrons. The van der Waals surface area contributed by atoms with Gasteiger partial charge in [0.2, 0.25) is 6.79 Å². The van der Waals surface area contributed by atoms with E-state index in [0.717, 1.165) is 36.1 Å². The van der Waals surface area contributed by atoms with Crippen molar-refractivity contribution >= 4 is 26.1 Å². The van der Waals surface area contributed by atoms with Gasteiger partial charge in [-0.3, -0.25) is 19.3 Å². The number of nitrogens with one attached hydrogen (secondary N) is 2. The average Bonchev–Trinajstić information content (AvgIpc) is 3.76. The Hall–Kier alpha value is -4.23. The molecule has 1 saturated heterocycles. The highest BCUT2D eigenvalue weighted by atomic mass is 28.4. The van der Waals surface area contributed by atoms with Gasteiger partial charge in [0.25, 0.3) is 20.1 Å². The van der Waals surface area contributed by atoms with Crippen LogP contribution < -0.4 is 34.0 Å². The van der Waals surface area contributed by atoms with Crippen LogP contribution >= 0.6 is 0 Å². The first-order valence-corrected chi connectivity index (χ1v) is 20.3. The lowest BCUT2D eigenvalue weighted by Gasteiger charge is -2.40. The Bertz CT molecular complexity index is 1680. The number of imide groups is 1. The first kappa shape index (κ1) is 35.6. The lowest BCUT2D eigenvalue weighted by atomic mass is 9.65. The average molecular weight is 708 g/mol. The van der Waals surface area contributed by atoms with E-state index in [4.69, 9.17) is 28.1 Å². The van der Waals surface area contributed by atoms with Crippen molar-refractivity contribution < 1.29 is 42.5 Å². The van der Waals surface area contributed by atoms with Crippen LogP contribution in [0.5, 0.6) is 28.7 Å². The molecule has 1 fully saturated rings. The Morgan fingerprint density at radius 3 is 2.22 bits per heavy atom. The maximum absolute atomic E-state index is 13.7. The minimum atomic E-state index is -2.29. The van der Waals surface area contributed by atoms with E-state index < -0.39 is 32.1 Å². The zero-order chi connectivity index (χ0) is 36.0. The normalized spacial score (nSPS) is 22.6. The van der Waals surface area contributed by atoms with Crippen molar-refractivity contribution in [3.05, 3.63) is 52.7 Å². The molecule has 2 N–H and O–H groups in total. The SMILES string of the molecule is CCCCNCCN1C(=O)C=C(N[C@@H]2c3cc4c(cc3[C@@H](c3cc(OC)c(O[Si](C)(C)C(C)(C)C)c(OC)c3)[C@H]3C(=O)OC[C@@H]32)OCO4)C1=O. The Balaban J connectivity index is 1.39. The fourth-order valence-electron chi connectivity index (χ4n) is 6.95. The number of carbonyl (C=O) groups is 3. The molecule has 0 saturated carbocycles. The van der Waals surface area contributed by atoms with Crippen LogP contribution in [-0.2, 0) is 19.1 Å². The summed E-state index contributed by atoms with van der Waals surface area (Å²) in [5, 5.41) is 6.60. The molecular weight excluding hydrogens is 659 g/mol. The molecule has 0 radical (unpaired) electrons. The number of carbonyl (C=O) groups excluding carboxylic acids is 3. The Kier molecular flexibility index (Phi) is 9.84. The van der Waals surface area contributed by atoms with E-state index in [9.17, 15) is 14.4 Å². The van der Waals surface area contributed by atoms with Gasteiger partial charge in [0.05, 0.1) is 32.8 Å². The lowest BCUT2D eigenvalue weighted by Crippen LogP contribution is -2.44. The number of rotatable bonds is 13. The molecule has 0 bridgehead atoms.